The minimum Gasteiger partial charge on any atom is -0.337 e. The Hall–Kier alpha value is -3.88. The molecule has 7 rings (SSSR count). The number of pyridine rings is 2. The quantitative estimate of drug-likeness (QED) is 0.323. The zero-order valence-electron chi connectivity index (χ0n) is 19.0. The van der Waals surface area contributed by atoms with Gasteiger partial charge in [0.05, 0.1) is 16.4 Å². The van der Waals surface area contributed by atoms with E-state index >= 15 is 0 Å². The zero-order chi connectivity index (χ0) is 23.2. The number of para-hydroxylation sites is 1. The number of imidazole rings is 1. The summed E-state index contributed by atoms with van der Waals surface area (Å²) in [7, 11) is 0. The van der Waals surface area contributed by atoms with Crippen molar-refractivity contribution in [2.24, 2.45) is 0 Å². The third-order valence-electron chi connectivity index (χ3n) is 6.72. The second-order valence-corrected chi connectivity index (χ2v) is 9.84. The third kappa shape index (κ3) is 3.71. The molecule has 0 unspecified atom stereocenters. The van der Waals surface area contributed by atoms with Crippen LogP contribution >= 0.6 is 11.3 Å². The van der Waals surface area contributed by atoms with Gasteiger partial charge in [-0.05, 0) is 72.1 Å². The molecule has 7 nitrogen and oxygen atoms in total. The van der Waals surface area contributed by atoms with E-state index in [0.29, 0.717) is 5.65 Å². The summed E-state index contributed by atoms with van der Waals surface area (Å²) in [5, 5.41) is 12.8. The number of aromatic amines is 2. The van der Waals surface area contributed by atoms with Crippen LogP contribution in [-0.2, 0) is 6.54 Å². The lowest BCUT2D eigenvalue weighted by molar-refractivity contribution is 0.331. The number of aromatic nitrogens is 6. The Morgan fingerprint density at radius 3 is 2.77 bits per heavy atom. The Morgan fingerprint density at radius 2 is 1.89 bits per heavy atom. The summed E-state index contributed by atoms with van der Waals surface area (Å²) in [6.07, 6.45) is 8.32. The molecule has 0 amide bonds. The minimum atomic E-state index is 0.670. The second kappa shape index (κ2) is 8.41. The lowest BCUT2D eigenvalue weighted by Gasteiger charge is -2.14. The first kappa shape index (κ1) is 20.5. The first-order chi connectivity index (χ1) is 17.3. The van der Waals surface area contributed by atoms with E-state index in [1.807, 2.05) is 18.6 Å². The number of rotatable bonds is 5. The highest BCUT2D eigenvalue weighted by molar-refractivity contribution is 7.08. The monoisotopic (exact) mass is 477 g/mol. The summed E-state index contributed by atoms with van der Waals surface area (Å²) in [6, 6.07) is 12.7. The maximum Gasteiger partial charge on any atom is 0.181 e. The standard InChI is InChI=1S/C27H23N7S/c1-2-8-34(7-1)15-17-10-19(13-28-12-17)20-11-22-25(32-33-26(22)29-14-20)27-30-23-5-3-4-21(24(23)31-27)18-6-9-35-16-18/h3-6,9-14,16H,1-2,7-8,15H2,(H,30,31)(H,29,32,33). The number of benzene rings is 1. The Labute approximate surface area is 205 Å². The second-order valence-electron chi connectivity index (χ2n) is 9.06. The van der Waals surface area contributed by atoms with E-state index < -0.39 is 0 Å². The number of fused-ring (bicyclic) bond motifs is 2. The van der Waals surface area contributed by atoms with Crippen molar-refractivity contribution in [1.82, 2.24) is 35.0 Å². The van der Waals surface area contributed by atoms with E-state index in [1.54, 1.807) is 11.3 Å². The van der Waals surface area contributed by atoms with Crippen LogP contribution in [0, 0.1) is 0 Å². The predicted molar refractivity (Wildman–Crippen MR) is 140 cm³/mol. The van der Waals surface area contributed by atoms with Crippen LogP contribution in [0.1, 0.15) is 18.4 Å². The summed E-state index contributed by atoms with van der Waals surface area (Å²) in [6.45, 7) is 3.28. The Bertz CT molecular complexity index is 1640. The fourth-order valence-corrected chi connectivity index (χ4v) is 5.63. The van der Waals surface area contributed by atoms with Gasteiger partial charge in [-0.3, -0.25) is 15.0 Å². The van der Waals surface area contributed by atoms with Crippen LogP contribution in [0.15, 0.2) is 65.7 Å². The summed E-state index contributed by atoms with van der Waals surface area (Å²) in [5.41, 5.74) is 9.06. The first-order valence-corrected chi connectivity index (χ1v) is 12.8. The van der Waals surface area contributed by atoms with Crippen molar-refractivity contribution in [3.8, 4) is 33.8 Å². The van der Waals surface area contributed by atoms with E-state index in [9.17, 15) is 0 Å². The van der Waals surface area contributed by atoms with Crippen LogP contribution in [0.4, 0.5) is 0 Å². The number of hydrogen-bond acceptors (Lipinski definition) is 6. The fraction of sp³-hybridized carbons (Fsp3) is 0.185. The molecule has 1 aliphatic rings. The number of hydrogen-bond donors (Lipinski definition) is 2. The van der Waals surface area contributed by atoms with E-state index in [1.165, 1.54) is 37.1 Å². The van der Waals surface area contributed by atoms with Crippen LogP contribution in [-0.4, -0.2) is 48.1 Å². The molecule has 1 aromatic carbocycles. The third-order valence-corrected chi connectivity index (χ3v) is 7.41. The van der Waals surface area contributed by atoms with Gasteiger partial charge in [0.15, 0.2) is 11.5 Å². The average molecular weight is 478 g/mol. The van der Waals surface area contributed by atoms with Crippen molar-refractivity contribution in [3.63, 3.8) is 0 Å². The number of nitrogens with zero attached hydrogens (tertiary/aromatic N) is 5. The molecule has 1 fully saturated rings. The highest BCUT2D eigenvalue weighted by Gasteiger charge is 2.17. The molecule has 1 saturated heterocycles. The van der Waals surface area contributed by atoms with E-state index in [0.717, 1.165) is 51.2 Å². The molecular formula is C27H23N7S. The Morgan fingerprint density at radius 1 is 0.971 bits per heavy atom. The summed E-state index contributed by atoms with van der Waals surface area (Å²) >= 11 is 1.69. The Kier molecular flexibility index (Phi) is 4.92. The van der Waals surface area contributed by atoms with Crippen LogP contribution in [0.25, 0.3) is 55.8 Å². The van der Waals surface area contributed by atoms with Gasteiger partial charge in [0.25, 0.3) is 0 Å². The molecule has 172 valence electrons. The van der Waals surface area contributed by atoms with Crippen molar-refractivity contribution < 1.29 is 0 Å². The van der Waals surface area contributed by atoms with Gasteiger partial charge >= 0.3 is 0 Å². The van der Waals surface area contributed by atoms with Crippen molar-refractivity contribution in [3.05, 3.63) is 71.3 Å². The largest absolute Gasteiger partial charge is 0.337 e. The van der Waals surface area contributed by atoms with Gasteiger partial charge in [-0.2, -0.15) is 16.4 Å². The molecule has 6 aromatic rings. The molecule has 0 aliphatic carbocycles. The highest BCUT2D eigenvalue weighted by Crippen LogP contribution is 2.33. The molecule has 0 atom stereocenters. The van der Waals surface area contributed by atoms with E-state index in [4.69, 9.17) is 4.98 Å². The van der Waals surface area contributed by atoms with Gasteiger partial charge in [-0.25, -0.2) is 9.97 Å². The smallest absolute Gasteiger partial charge is 0.181 e. The van der Waals surface area contributed by atoms with Crippen molar-refractivity contribution in [2.75, 3.05) is 13.1 Å². The van der Waals surface area contributed by atoms with Crippen LogP contribution in [0.2, 0.25) is 0 Å². The van der Waals surface area contributed by atoms with Gasteiger partial charge in [0.2, 0.25) is 0 Å². The molecule has 2 N–H and O–H groups in total. The van der Waals surface area contributed by atoms with Gasteiger partial charge < -0.3 is 4.98 Å². The van der Waals surface area contributed by atoms with E-state index in [2.05, 4.69) is 77.2 Å². The average Bonchev–Trinajstić information content (AvgIpc) is 3.70. The highest BCUT2D eigenvalue weighted by atomic mass is 32.1. The SMILES string of the molecule is c1cc(-c2ccsc2)c2nc(-c3[nH]nc4ncc(-c5cncc(CN6CCCC6)c5)cc34)[nH]c2c1. The van der Waals surface area contributed by atoms with E-state index in [-0.39, 0.29) is 0 Å². The molecule has 5 aromatic heterocycles. The normalized spacial score (nSPS) is 14.4. The molecule has 0 radical (unpaired) electrons. The van der Waals surface area contributed by atoms with Gasteiger partial charge in [-0.1, -0.05) is 12.1 Å². The lowest BCUT2D eigenvalue weighted by Crippen LogP contribution is -2.18. The molecule has 0 spiro atoms. The molecular weight excluding hydrogens is 454 g/mol. The van der Waals surface area contributed by atoms with Crippen LogP contribution < -0.4 is 0 Å². The van der Waals surface area contributed by atoms with Crippen molar-refractivity contribution in [1.29, 1.82) is 0 Å². The summed E-state index contributed by atoms with van der Waals surface area (Å²) in [4.78, 5) is 20.1. The molecule has 35 heavy (non-hydrogen) atoms. The number of likely N-dealkylation sites (tertiary alicyclic amines) is 1. The minimum absolute atomic E-state index is 0.670. The topological polar surface area (TPSA) is 86.4 Å². The van der Waals surface area contributed by atoms with Crippen molar-refractivity contribution in [2.45, 2.75) is 19.4 Å². The molecule has 8 heteroatoms. The molecule has 1 aliphatic heterocycles. The maximum absolute atomic E-state index is 4.97. The number of nitrogens with one attached hydrogen (secondary N) is 2. The number of H-pyrrole nitrogens is 2. The Balaban J connectivity index is 1.28. The van der Waals surface area contributed by atoms with Gasteiger partial charge in [0, 0.05) is 41.8 Å². The van der Waals surface area contributed by atoms with Crippen molar-refractivity contribution >= 4 is 33.4 Å². The molecule has 6 heterocycles. The predicted octanol–water partition coefficient (Wildman–Crippen LogP) is 5.89. The van der Waals surface area contributed by atoms with Crippen LogP contribution in [0.3, 0.4) is 0 Å². The molecule has 0 bridgehead atoms. The summed E-state index contributed by atoms with van der Waals surface area (Å²) in [5.74, 6) is 0.755. The maximum atomic E-state index is 4.97. The summed E-state index contributed by atoms with van der Waals surface area (Å²) < 4.78 is 0. The molecule has 0 saturated carbocycles. The van der Waals surface area contributed by atoms with Gasteiger partial charge in [-0.15, -0.1) is 0 Å². The van der Waals surface area contributed by atoms with Gasteiger partial charge in [0.1, 0.15) is 5.69 Å². The zero-order valence-corrected chi connectivity index (χ0v) is 19.8. The lowest BCUT2D eigenvalue weighted by atomic mass is 10.1. The number of thiophene rings is 1. The van der Waals surface area contributed by atoms with Crippen LogP contribution in [0.5, 0.6) is 0 Å². The first-order valence-electron chi connectivity index (χ1n) is 11.8. The fourth-order valence-electron chi connectivity index (χ4n) is 4.97.